The fraction of sp³-hybridized carbons (Fsp3) is 0.471. The Hall–Kier alpha value is -2.41. The predicted molar refractivity (Wildman–Crippen MR) is 82.5 cm³/mol. The van der Waals surface area contributed by atoms with E-state index in [9.17, 15) is 14.9 Å². The van der Waals surface area contributed by atoms with Crippen molar-refractivity contribution in [1.82, 2.24) is 4.90 Å². The van der Waals surface area contributed by atoms with Gasteiger partial charge in [0.1, 0.15) is 0 Å². The summed E-state index contributed by atoms with van der Waals surface area (Å²) < 4.78 is 6.01. The standard InChI is InChI=1S/C17H16N2O5/c1-18-7-6-17-10-3-4-12(20)16(17)23-15-13(24-19(21)22)5-2-9(14(15)17)8-11(10)18/h2-5,10-11,16H,6-8H2,1H3/t10-,11+,16-,17-/m0/s1. The lowest BCUT2D eigenvalue weighted by Gasteiger charge is -2.55. The van der Waals surface area contributed by atoms with E-state index in [2.05, 4.69) is 11.9 Å². The molecule has 1 aromatic carbocycles. The topological polar surface area (TPSA) is 81.9 Å². The number of likely N-dealkylation sites (N-methyl/N-ethyl adjacent to an activating group) is 1. The van der Waals surface area contributed by atoms with Gasteiger partial charge in [-0.1, -0.05) is 12.1 Å². The molecule has 2 aliphatic carbocycles. The molecule has 1 aromatic rings. The SMILES string of the molecule is CN1CC[C@]23c4c5ccc(O[N+](=O)[O-])c4O[C@H]2C(=O)C=C[C@H]3[C@H]1C5. The van der Waals surface area contributed by atoms with Crippen LogP contribution < -0.4 is 9.57 Å². The van der Waals surface area contributed by atoms with Gasteiger partial charge in [-0.15, -0.1) is 10.1 Å². The molecule has 2 heterocycles. The van der Waals surface area contributed by atoms with E-state index in [1.54, 1.807) is 12.1 Å². The van der Waals surface area contributed by atoms with Gasteiger partial charge in [-0.3, -0.25) is 9.63 Å². The lowest BCUT2D eigenvalue weighted by Crippen LogP contribution is -2.64. The van der Waals surface area contributed by atoms with Gasteiger partial charge in [0.15, 0.2) is 23.4 Å². The van der Waals surface area contributed by atoms with Crippen molar-refractivity contribution in [3.63, 3.8) is 0 Å². The summed E-state index contributed by atoms with van der Waals surface area (Å²) in [6, 6.07) is 3.78. The number of piperidine rings is 1. The summed E-state index contributed by atoms with van der Waals surface area (Å²) in [4.78, 5) is 30.4. The molecule has 1 spiro atoms. The van der Waals surface area contributed by atoms with Crippen LogP contribution in [0.2, 0.25) is 0 Å². The fourth-order valence-corrected chi connectivity index (χ4v) is 5.22. The Kier molecular flexibility index (Phi) is 2.54. The molecular formula is C17H16N2O5. The number of nitrogens with zero attached hydrogens (tertiary/aromatic N) is 2. The third-order valence-corrected chi connectivity index (χ3v) is 6.16. The molecule has 0 unspecified atom stereocenters. The van der Waals surface area contributed by atoms with E-state index in [-0.39, 0.29) is 17.5 Å². The van der Waals surface area contributed by atoms with Crippen molar-refractivity contribution < 1.29 is 19.5 Å². The zero-order valence-electron chi connectivity index (χ0n) is 13.1. The fourth-order valence-electron chi connectivity index (χ4n) is 5.22. The van der Waals surface area contributed by atoms with E-state index in [4.69, 9.17) is 9.57 Å². The third kappa shape index (κ3) is 1.48. The number of hydrogen-bond donors (Lipinski definition) is 0. The second kappa shape index (κ2) is 4.36. The number of carbonyl (C=O) groups is 1. The second-order valence-corrected chi connectivity index (χ2v) is 7.07. The van der Waals surface area contributed by atoms with Crippen LogP contribution in [0.4, 0.5) is 0 Å². The highest BCUT2D eigenvalue weighted by molar-refractivity contribution is 5.98. The van der Waals surface area contributed by atoms with Crippen molar-refractivity contribution in [3.8, 4) is 11.5 Å². The summed E-state index contributed by atoms with van der Waals surface area (Å²) in [7, 11) is 2.11. The molecule has 5 rings (SSSR count). The lowest BCUT2D eigenvalue weighted by molar-refractivity contribution is -0.711. The van der Waals surface area contributed by atoms with Crippen LogP contribution in [0, 0.1) is 16.0 Å². The largest absolute Gasteiger partial charge is 0.479 e. The molecule has 24 heavy (non-hydrogen) atoms. The number of benzene rings is 1. The van der Waals surface area contributed by atoms with Crippen LogP contribution in [-0.4, -0.2) is 41.5 Å². The molecule has 0 amide bonds. The monoisotopic (exact) mass is 328 g/mol. The van der Waals surface area contributed by atoms with E-state index in [0.29, 0.717) is 11.8 Å². The maximum atomic E-state index is 12.5. The minimum atomic E-state index is -0.834. The van der Waals surface area contributed by atoms with Crippen molar-refractivity contribution >= 4 is 5.78 Å². The van der Waals surface area contributed by atoms with Gasteiger partial charge in [-0.2, -0.15) is 0 Å². The Balaban J connectivity index is 1.78. The van der Waals surface area contributed by atoms with E-state index in [1.807, 2.05) is 12.1 Å². The van der Waals surface area contributed by atoms with Crippen molar-refractivity contribution in [2.75, 3.05) is 13.6 Å². The molecule has 7 heteroatoms. The minimum Gasteiger partial charge on any atom is -0.479 e. The minimum absolute atomic E-state index is 0.0642. The molecule has 1 saturated heterocycles. The number of ether oxygens (including phenoxy) is 1. The van der Waals surface area contributed by atoms with Crippen LogP contribution in [0.5, 0.6) is 11.5 Å². The molecule has 2 bridgehead atoms. The molecule has 124 valence electrons. The second-order valence-electron chi connectivity index (χ2n) is 7.07. The van der Waals surface area contributed by atoms with E-state index in [0.717, 1.165) is 30.5 Å². The van der Waals surface area contributed by atoms with Crippen LogP contribution in [0.15, 0.2) is 24.3 Å². The van der Waals surface area contributed by atoms with E-state index < -0.39 is 16.6 Å². The van der Waals surface area contributed by atoms with Crippen molar-refractivity contribution in [1.29, 1.82) is 0 Å². The van der Waals surface area contributed by atoms with Gasteiger partial charge in [-0.05, 0) is 44.1 Å². The summed E-state index contributed by atoms with van der Waals surface area (Å²) >= 11 is 0. The number of hydrogen-bond acceptors (Lipinski definition) is 6. The Bertz CT molecular complexity index is 819. The highest BCUT2D eigenvalue weighted by Crippen LogP contribution is 2.61. The Morgan fingerprint density at radius 2 is 2.29 bits per heavy atom. The molecule has 2 aliphatic heterocycles. The molecule has 7 nitrogen and oxygen atoms in total. The van der Waals surface area contributed by atoms with E-state index in [1.165, 1.54) is 0 Å². The lowest BCUT2D eigenvalue weighted by atomic mass is 9.53. The highest BCUT2D eigenvalue weighted by Gasteiger charge is 2.64. The molecule has 4 aliphatic rings. The summed E-state index contributed by atoms with van der Waals surface area (Å²) in [6.45, 7) is 0.876. The number of likely N-dealkylation sites (tertiary alicyclic amines) is 1. The maximum Gasteiger partial charge on any atom is 0.299 e. The summed E-state index contributed by atoms with van der Waals surface area (Å²) in [5.41, 5.74) is 1.65. The van der Waals surface area contributed by atoms with Crippen LogP contribution >= 0.6 is 0 Å². The molecular weight excluding hydrogens is 312 g/mol. The Morgan fingerprint density at radius 1 is 1.46 bits per heavy atom. The third-order valence-electron chi connectivity index (χ3n) is 6.16. The van der Waals surface area contributed by atoms with Crippen molar-refractivity contribution in [2.45, 2.75) is 30.4 Å². The summed E-state index contributed by atoms with van der Waals surface area (Å²) in [6.07, 6.45) is 4.67. The van der Waals surface area contributed by atoms with Gasteiger partial charge in [0.2, 0.25) is 0 Å². The quantitative estimate of drug-likeness (QED) is 0.601. The molecule has 1 fully saturated rings. The van der Waals surface area contributed by atoms with Crippen molar-refractivity contribution in [2.24, 2.45) is 5.92 Å². The molecule has 0 aromatic heterocycles. The normalized spacial score (nSPS) is 35.4. The first-order valence-corrected chi connectivity index (χ1v) is 8.10. The van der Waals surface area contributed by atoms with Gasteiger partial charge in [0.05, 0.1) is 5.41 Å². The summed E-state index contributed by atoms with van der Waals surface area (Å²) in [5, 5.41) is 9.97. The molecule has 0 radical (unpaired) electrons. The first kappa shape index (κ1) is 14.0. The van der Waals surface area contributed by atoms with Gasteiger partial charge in [-0.25, -0.2) is 0 Å². The first-order chi connectivity index (χ1) is 11.5. The highest BCUT2D eigenvalue weighted by atomic mass is 17.0. The predicted octanol–water partition coefficient (Wildman–Crippen LogP) is 1.27. The average molecular weight is 328 g/mol. The van der Waals surface area contributed by atoms with Gasteiger partial charge < -0.3 is 9.64 Å². The smallest absolute Gasteiger partial charge is 0.299 e. The van der Waals surface area contributed by atoms with Gasteiger partial charge in [0, 0.05) is 17.5 Å². The zero-order valence-corrected chi connectivity index (χ0v) is 13.1. The zero-order chi connectivity index (χ0) is 16.6. The van der Waals surface area contributed by atoms with Gasteiger partial charge in [0.25, 0.3) is 5.09 Å². The number of rotatable bonds is 2. The van der Waals surface area contributed by atoms with Crippen LogP contribution in [0.25, 0.3) is 0 Å². The molecule has 0 N–H and O–H groups in total. The van der Waals surface area contributed by atoms with Gasteiger partial charge >= 0.3 is 0 Å². The van der Waals surface area contributed by atoms with Crippen molar-refractivity contribution in [3.05, 3.63) is 45.5 Å². The van der Waals surface area contributed by atoms with Crippen LogP contribution in [0.3, 0.4) is 0 Å². The van der Waals surface area contributed by atoms with Crippen LogP contribution in [-0.2, 0) is 16.6 Å². The Morgan fingerprint density at radius 3 is 3.08 bits per heavy atom. The number of ketones is 1. The molecule has 0 saturated carbocycles. The maximum absolute atomic E-state index is 12.5. The first-order valence-electron chi connectivity index (χ1n) is 8.10. The number of carbonyl (C=O) groups excluding carboxylic acids is 1. The average Bonchev–Trinajstić information content (AvgIpc) is 2.89. The molecule has 4 atom stereocenters. The Labute approximate surface area is 137 Å². The summed E-state index contributed by atoms with van der Waals surface area (Å²) in [5.74, 6) is 0.593. The van der Waals surface area contributed by atoms with Crippen LogP contribution in [0.1, 0.15) is 17.5 Å². The van der Waals surface area contributed by atoms with E-state index >= 15 is 0 Å².